The van der Waals surface area contributed by atoms with Gasteiger partial charge in [0.2, 0.25) is 0 Å². The maximum absolute atomic E-state index is 11.3. The number of benzene rings is 1. The van der Waals surface area contributed by atoms with Gasteiger partial charge in [0.25, 0.3) is 5.91 Å². The van der Waals surface area contributed by atoms with E-state index in [2.05, 4.69) is 18.9 Å². The number of para-hydroxylation sites is 1. The van der Waals surface area contributed by atoms with Crippen LogP contribution in [0.2, 0.25) is 0 Å². The number of hydrogen-bond acceptors (Lipinski definition) is 3. The summed E-state index contributed by atoms with van der Waals surface area (Å²) in [6.45, 7) is 2.29. The van der Waals surface area contributed by atoms with Crippen LogP contribution in [0.4, 0.5) is 11.4 Å². The number of anilines is 2. The summed E-state index contributed by atoms with van der Waals surface area (Å²) in [5.74, 6) is 0.284. The predicted octanol–water partition coefficient (Wildman–Crippen LogP) is 2.38. The van der Waals surface area contributed by atoms with Crippen LogP contribution in [0.3, 0.4) is 0 Å². The number of rotatable bonds is 3. The molecular formula is C15H23N3O. The molecule has 1 aliphatic rings. The van der Waals surface area contributed by atoms with E-state index >= 15 is 0 Å². The number of carbonyl (C=O) groups excluding carboxylic acids is 1. The van der Waals surface area contributed by atoms with E-state index in [0.29, 0.717) is 17.3 Å². The van der Waals surface area contributed by atoms with E-state index in [-0.39, 0.29) is 0 Å². The van der Waals surface area contributed by atoms with Crippen molar-refractivity contribution in [2.45, 2.75) is 38.6 Å². The normalized spacial score (nSPS) is 23.1. The van der Waals surface area contributed by atoms with E-state index < -0.39 is 5.91 Å². The van der Waals surface area contributed by atoms with E-state index in [1.807, 2.05) is 12.1 Å². The summed E-state index contributed by atoms with van der Waals surface area (Å²) in [5, 5.41) is 0. The van der Waals surface area contributed by atoms with Crippen molar-refractivity contribution in [1.82, 2.24) is 0 Å². The highest BCUT2D eigenvalue weighted by Crippen LogP contribution is 2.33. The molecule has 1 fully saturated rings. The minimum atomic E-state index is -0.468. The fourth-order valence-corrected chi connectivity index (χ4v) is 3.03. The topological polar surface area (TPSA) is 72.3 Å². The third-order valence-corrected chi connectivity index (χ3v) is 4.18. The summed E-state index contributed by atoms with van der Waals surface area (Å²) in [7, 11) is 2.05. The van der Waals surface area contributed by atoms with Crippen LogP contribution in [0.1, 0.15) is 43.0 Å². The molecule has 0 aliphatic heterocycles. The van der Waals surface area contributed by atoms with E-state index in [4.69, 9.17) is 11.5 Å². The van der Waals surface area contributed by atoms with Crippen molar-refractivity contribution in [3.8, 4) is 0 Å². The first-order chi connectivity index (χ1) is 9.00. The molecule has 4 nitrogen and oxygen atoms in total. The minimum Gasteiger partial charge on any atom is -0.396 e. The number of amides is 1. The van der Waals surface area contributed by atoms with Gasteiger partial charge in [-0.25, -0.2) is 0 Å². The molecule has 0 saturated heterocycles. The Morgan fingerprint density at radius 1 is 1.37 bits per heavy atom. The van der Waals surface area contributed by atoms with Crippen molar-refractivity contribution < 1.29 is 4.79 Å². The largest absolute Gasteiger partial charge is 0.396 e. The van der Waals surface area contributed by atoms with Crippen LogP contribution < -0.4 is 16.4 Å². The average Bonchev–Trinajstić information content (AvgIpc) is 2.38. The van der Waals surface area contributed by atoms with Crippen molar-refractivity contribution in [2.24, 2.45) is 11.7 Å². The van der Waals surface area contributed by atoms with Crippen molar-refractivity contribution in [3.63, 3.8) is 0 Å². The summed E-state index contributed by atoms with van der Waals surface area (Å²) in [4.78, 5) is 13.6. The molecule has 0 bridgehead atoms. The van der Waals surface area contributed by atoms with Gasteiger partial charge in [0.15, 0.2) is 0 Å². The fraction of sp³-hybridized carbons (Fsp3) is 0.533. The average molecular weight is 261 g/mol. The van der Waals surface area contributed by atoms with Crippen molar-refractivity contribution in [3.05, 3.63) is 23.8 Å². The second-order valence-corrected chi connectivity index (χ2v) is 5.64. The lowest BCUT2D eigenvalue weighted by atomic mass is 9.86. The molecule has 2 rings (SSSR count). The third kappa shape index (κ3) is 2.83. The fourth-order valence-electron chi connectivity index (χ4n) is 3.03. The standard InChI is InChI=1S/C15H23N3O/c1-10-5-3-6-11(9-10)18(2)13-8-4-7-12(14(13)16)15(17)19/h4,7-8,10-11H,3,5-6,9,16H2,1-2H3,(H2,17,19). The molecule has 19 heavy (non-hydrogen) atoms. The molecule has 1 aromatic rings. The molecule has 1 amide bonds. The van der Waals surface area contributed by atoms with Gasteiger partial charge in [-0.05, 0) is 30.9 Å². The molecule has 1 saturated carbocycles. The third-order valence-electron chi connectivity index (χ3n) is 4.18. The zero-order valence-electron chi connectivity index (χ0n) is 11.7. The van der Waals surface area contributed by atoms with Gasteiger partial charge in [-0.2, -0.15) is 0 Å². The van der Waals surface area contributed by atoms with E-state index in [1.54, 1.807) is 6.07 Å². The highest BCUT2D eigenvalue weighted by molar-refractivity contribution is 6.00. The molecule has 2 unspecified atom stereocenters. The van der Waals surface area contributed by atoms with Crippen molar-refractivity contribution in [1.29, 1.82) is 0 Å². The Morgan fingerprint density at radius 2 is 2.11 bits per heavy atom. The summed E-state index contributed by atoms with van der Waals surface area (Å²) >= 11 is 0. The molecule has 104 valence electrons. The quantitative estimate of drug-likeness (QED) is 0.820. The van der Waals surface area contributed by atoms with Crippen LogP contribution in [-0.4, -0.2) is 19.0 Å². The Bertz CT molecular complexity index is 472. The highest BCUT2D eigenvalue weighted by Gasteiger charge is 2.24. The number of nitrogen functional groups attached to an aromatic ring is 1. The van der Waals surface area contributed by atoms with Gasteiger partial charge in [0.05, 0.1) is 16.9 Å². The number of nitrogens with two attached hydrogens (primary N) is 2. The number of primary amides is 1. The lowest BCUT2D eigenvalue weighted by Crippen LogP contribution is -2.36. The minimum absolute atomic E-state index is 0.410. The zero-order chi connectivity index (χ0) is 14.0. The molecule has 0 radical (unpaired) electrons. The molecule has 2 atom stereocenters. The van der Waals surface area contributed by atoms with Crippen molar-refractivity contribution >= 4 is 17.3 Å². The van der Waals surface area contributed by atoms with E-state index in [1.165, 1.54) is 25.7 Å². The Morgan fingerprint density at radius 3 is 2.74 bits per heavy atom. The van der Waals surface area contributed by atoms with Crippen LogP contribution in [0.25, 0.3) is 0 Å². The summed E-state index contributed by atoms with van der Waals surface area (Å²) in [5.41, 5.74) is 13.2. The molecular weight excluding hydrogens is 238 g/mol. The monoisotopic (exact) mass is 261 g/mol. The lowest BCUT2D eigenvalue weighted by Gasteiger charge is -2.36. The van der Waals surface area contributed by atoms with Gasteiger partial charge in [0.1, 0.15) is 0 Å². The van der Waals surface area contributed by atoms with Crippen LogP contribution >= 0.6 is 0 Å². The molecule has 0 heterocycles. The Balaban J connectivity index is 2.26. The van der Waals surface area contributed by atoms with E-state index in [0.717, 1.165) is 11.6 Å². The smallest absolute Gasteiger partial charge is 0.250 e. The SMILES string of the molecule is CC1CCCC(N(C)c2cccc(C(N)=O)c2N)C1. The number of hydrogen-bond donors (Lipinski definition) is 2. The van der Waals surface area contributed by atoms with Gasteiger partial charge in [0, 0.05) is 13.1 Å². The molecule has 0 spiro atoms. The first kappa shape index (κ1) is 13.7. The van der Waals surface area contributed by atoms with Crippen LogP contribution in [0, 0.1) is 5.92 Å². The molecule has 4 heteroatoms. The summed E-state index contributed by atoms with van der Waals surface area (Å²) in [6, 6.07) is 5.97. The van der Waals surface area contributed by atoms with Crippen molar-refractivity contribution in [2.75, 3.05) is 17.7 Å². The second-order valence-electron chi connectivity index (χ2n) is 5.64. The van der Waals surface area contributed by atoms with Crippen LogP contribution in [-0.2, 0) is 0 Å². The molecule has 4 N–H and O–H groups in total. The lowest BCUT2D eigenvalue weighted by molar-refractivity contribution is 0.100. The Labute approximate surface area is 114 Å². The number of carbonyl (C=O) groups is 1. The summed E-state index contributed by atoms with van der Waals surface area (Å²) < 4.78 is 0. The molecule has 0 aromatic heterocycles. The maximum atomic E-state index is 11.3. The Hall–Kier alpha value is -1.71. The maximum Gasteiger partial charge on any atom is 0.250 e. The zero-order valence-corrected chi connectivity index (χ0v) is 11.7. The van der Waals surface area contributed by atoms with Gasteiger partial charge in [-0.1, -0.05) is 25.8 Å². The van der Waals surface area contributed by atoms with Gasteiger partial charge in [-0.3, -0.25) is 4.79 Å². The van der Waals surface area contributed by atoms with Gasteiger partial charge < -0.3 is 16.4 Å². The first-order valence-electron chi connectivity index (χ1n) is 6.91. The van der Waals surface area contributed by atoms with Gasteiger partial charge >= 0.3 is 0 Å². The highest BCUT2D eigenvalue weighted by atomic mass is 16.1. The molecule has 1 aliphatic carbocycles. The second kappa shape index (κ2) is 5.51. The number of nitrogens with zero attached hydrogens (tertiary/aromatic N) is 1. The van der Waals surface area contributed by atoms with Crippen LogP contribution in [0.15, 0.2) is 18.2 Å². The van der Waals surface area contributed by atoms with Crippen LogP contribution in [0.5, 0.6) is 0 Å². The summed E-state index contributed by atoms with van der Waals surface area (Å²) in [6.07, 6.45) is 4.92. The molecule has 1 aromatic carbocycles. The van der Waals surface area contributed by atoms with E-state index in [9.17, 15) is 4.79 Å². The predicted molar refractivity (Wildman–Crippen MR) is 79.2 cm³/mol. The first-order valence-corrected chi connectivity index (χ1v) is 6.91. The Kier molecular flexibility index (Phi) is 3.98. The van der Waals surface area contributed by atoms with Gasteiger partial charge in [-0.15, -0.1) is 0 Å².